The smallest absolute Gasteiger partial charge is 0.407 e. The second-order valence-corrected chi connectivity index (χ2v) is 4.63. The third kappa shape index (κ3) is 4.30. The quantitative estimate of drug-likeness (QED) is 0.656. The Morgan fingerprint density at radius 1 is 1.43 bits per heavy atom. The lowest BCUT2D eigenvalue weighted by atomic mass is 10.0. The van der Waals surface area contributed by atoms with Crippen LogP contribution in [0.15, 0.2) is 12.2 Å². The second-order valence-electron chi connectivity index (χ2n) is 4.63. The van der Waals surface area contributed by atoms with E-state index in [1.165, 1.54) is 0 Å². The molecule has 1 atom stereocenters. The maximum Gasteiger partial charge on any atom is 0.407 e. The maximum absolute atomic E-state index is 11.4. The first-order valence-electron chi connectivity index (χ1n) is 5.12. The van der Waals surface area contributed by atoms with E-state index in [1.54, 1.807) is 0 Å². The molecule has 1 N–H and O–H groups in total. The Bertz CT molecular complexity index is 228. The van der Waals surface area contributed by atoms with Crippen molar-refractivity contribution < 1.29 is 9.53 Å². The number of hydrogen-bond donors (Lipinski definition) is 1. The normalized spacial score (nSPS) is 21.8. The van der Waals surface area contributed by atoms with Gasteiger partial charge in [-0.3, -0.25) is 0 Å². The highest BCUT2D eigenvalue weighted by atomic mass is 16.6. The van der Waals surface area contributed by atoms with Gasteiger partial charge in [0.2, 0.25) is 0 Å². The average molecular weight is 197 g/mol. The molecular weight excluding hydrogens is 178 g/mol. The number of nitrogens with one attached hydrogen (secondary N) is 1. The lowest BCUT2D eigenvalue weighted by molar-refractivity contribution is 0.0501. The van der Waals surface area contributed by atoms with Gasteiger partial charge in [-0.1, -0.05) is 12.2 Å². The molecule has 0 saturated heterocycles. The molecule has 1 amide bonds. The summed E-state index contributed by atoms with van der Waals surface area (Å²) in [5.41, 5.74) is -0.408. The first-order valence-corrected chi connectivity index (χ1v) is 5.12. The van der Waals surface area contributed by atoms with Crippen molar-refractivity contribution in [3.05, 3.63) is 12.2 Å². The average Bonchev–Trinajstić information content (AvgIpc) is 2.02. The van der Waals surface area contributed by atoms with Gasteiger partial charge in [0.05, 0.1) is 0 Å². The van der Waals surface area contributed by atoms with Crippen molar-refractivity contribution in [2.45, 2.75) is 51.7 Å². The van der Waals surface area contributed by atoms with Gasteiger partial charge in [0.25, 0.3) is 0 Å². The van der Waals surface area contributed by atoms with Gasteiger partial charge < -0.3 is 10.1 Å². The number of amides is 1. The van der Waals surface area contributed by atoms with E-state index in [0.29, 0.717) is 0 Å². The molecule has 3 nitrogen and oxygen atoms in total. The van der Waals surface area contributed by atoms with E-state index in [4.69, 9.17) is 4.74 Å². The Morgan fingerprint density at radius 2 is 2.14 bits per heavy atom. The van der Waals surface area contributed by atoms with Crippen molar-refractivity contribution >= 4 is 6.09 Å². The molecule has 1 rings (SSSR count). The summed E-state index contributed by atoms with van der Waals surface area (Å²) in [5, 5.41) is 2.86. The molecule has 14 heavy (non-hydrogen) atoms. The van der Waals surface area contributed by atoms with Crippen LogP contribution in [0.4, 0.5) is 4.79 Å². The zero-order chi connectivity index (χ0) is 10.6. The summed E-state index contributed by atoms with van der Waals surface area (Å²) in [7, 11) is 0. The molecule has 3 heteroatoms. The lowest BCUT2D eigenvalue weighted by Crippen LogP contribution is -2.39. The fourth-order valence-electron chi connectivity index (χ4n) is 1.40. The molecule has 0 aromatic carbocycles. The van der Waals surface area contributed by atoms with E-state index < -0.39 is 5.60 Å². The van der Waals surface area contributed by atoms with Crippen LogP contribution in [-0.4, -0.2) is 17.7 Å². The molecule has 1 aliphatic carbocycles. The maximum atomic E-state index is 11.4. The molecule has 1 unspecified atom stereocenters. The number of hydrogen-bond acceptors (Lipinski definition) is 2. The molecule has 0 saturated carbocycles. The van der Waals surface area contributed by atoms with Crippen LogP contribution in [-0.2, 0) is 4.74 Å². The zero-order valence-corrected chi connectivity index (χ0v) is 9.17. The van der Waals surface area contributed by atoms with Gasteiger partial charge in [-0.2, -0.15) is 0 Å². The molecule has 1 aliphatic rings. The van der Waals surface area contributed by atoms with Gasteiger partial charge in [0, 0.05) is 6.04 Å². The number of alkyl carbamates (subject to hydrolysis) is 1. The first-order chi connectivity index (χ1) is 6.47. The zero-order valence-electron chi connectivity index (χ0n) is 9.17. The Labute approximate surface area is 85.5 Å². The molecule has 0 aliphatic heterocycles. The Hall–Kier alpha value is -0.990. The first kappa shape index (κ1) is 11.1. The molecule has 0 fully saturated rings. The Morgan fingerprint density at radius 3 is 2.64 bits per heavy atom. The molecule has 0 aromatic heterocycles. The van der Waals surface area contributed by atoms with E-state index in [0.717, 1.165) is 19.3 Å². The number of ether oxygens (including phenoxy) is 1. The molecule has 0 spiro atoms. The summed E-state index contributed by atoms with van der Waals surface area (Å²) < 4.78 is 5.17. The van der Waals surface area contributed by atoms with Gasteiger partial charge in [0.1, 0.15) is 5.60 Å². The minimum Gasteiger partial charge on any atom is -0.444 e. The van der Waals surface area contributed by atoms with Crippen molar-refractivity contribution in [3.8, 4) is 0 Å². The van der Waals surface area contributed by atoms with Crippen LogP contribution in [0.5, 0.6) is 0 Å². The molecule has 0 radical (unpaired) electrons. The van der Waals surface area contributed by atoms with Crippen LogP contribution >= 0.6 is 0 Å². The summed E-state index contributed by atoms with van der Waals surface area (Å²) in [4.78, 5) is 11.4. The number of carbonyl (C=O) groups excluding carboxylic acids is 1. The van der Waals surface area contributed by atoms with E-state index in [-0.39, 0.29) is 12.1 Å². The Balaban J connectivity index is 2.30. The van der Waals surface area contributed by atoms with Gasteiger partial charge in [-0.15, -0.1) is 0 Å². The van der Waals surface area contributed by atoms with Crippen LogP contribution in [0.3, 0.4) is 0 Å². The summed E-state index contributed by atoms with van der Waals surface area (Å²) in [5.74, 6) is 0. The minimum atomic E-state index is -0.408. The van der Waals surface area contributed by atoms with Crippen molar-refractivity contribution in [2.24, 2.45) is 0 Å². The minimum absolute atomic E-state index is 0.245. The van der Waals surface area contributed by atoms with Crippen LogP contribution in [0.2, 0.25) is 0 Å². The molecule has 80 valence electrons. The monoisotopic (exact) mass is 197 g/mol. The molecular formula is C11H19NO2. The van der Waals surface area contributed by atoms with Crippen molar-refractivity contribution in [1.29, 1.82) is 0 Å². The van der Waals surface area contributed by atoms with Crippen LogP contribution < -0.4 is 5.32 Å². The third-order valence-electron chi connectivity index (χ3n) is 1.99. The van der Waals surface area contributed by atoms with E-state index >= 15 is 0 Å². The van der Waals surface area contributed by atoms with Gasteiger partial charge >= 0.3 is 6.09 Å². The highest BCUT2D eigenvalue weighted by molar-refractivity contribution is 5.68. The van der Waals surface area contributed by atoms with Gasteiger partial charge in [-0.05, 0) is 40.0 Å². The van der Waals surface area contributed by atoms with E-state index in [2.05, 4.69) is 17.5 Å². The third-order valence-corrected chi connectivity index (χ3v) is 1.99. The molecule has 0 heterocycles. The van der Waals surface area contributed by atoms with Crippen LogP contribution in [0.1, 0.15) is 40.0 Å². The fraction of sp³-hybridized carbons (Fsp3) is 0.727. The van der Waals surface area contributed by atoms with Crippen molar-refractivity contribution in [2.75, 3.05) is 0 Å². The van der Waals surface area contributed by atoms with Crippen molar-refractivity contribution in [1.82, 2.24) is 5.32 Å². The highest BCUT2D eigenvalue weighted by Gasteiger charge is 2.19. The number of rotatable bonds is 1. The van der Waals surface area contributed by atoms with E-state index in [1.807, 2.05) is 20.8 Å². The number of carbonyl (C=O) groups is 1. The van der Waals surface area contributed by atoms with Crippen molar-refractivity contribution in [3.63, 3.8) is 0 Å². The summed E-state index contributed by atoms with van der Waals surface area (Å²) in [6, 6.07) is 0.245. The molecule has 0 bridgehead atoms. The SMILES string of the molecule is CC(C)(C)OC(=O)NC1CC=CCC1. The summed E-state index contributed by atoms with van der Waals surface area (Å²) in [6.07, 6.45) is 6.91. The Kier molecular flexibility index (Phi) is 3.55. The van der Waals surface area contributed by atoms with Crippen LogP contribution in [0.25, 0.3) is 0 Å². The van der Waals surface area contributed by atoms with Gasteiger partial charge in [0.15, 0.2) is 0 Å². The highest BCUT2D eigenvalue weighted by Crippen LogP contribution is 2.12. The largest absolute Gasteiger partial charge is 0.444 e. The fourth-order valence-corrected chi connectivity index (χ4v) is 1.40. The summed E-state index contributed by atoms with van der Waals surface area (Å²) >= 11 is 0. The predicted molar refractivity (Wildman–Crippen MR) is 56.1 cm³/mol. The van der Waals surface area contributed by atoms with Crippen LogP contribution in [0, 0.1) is 0 Å². The molecule has 0 aromatic rings. The lowest BCUT2D eigenvalue weighted by Gasteiger charge is -2.24. The topological polar surface area (TPSA) is 38.3 Å². The number of allylic oxidation sites excluding steroid dienone is 1. The standard InChI is InChI=1S/C11H19NO2/c1-11(2,3)14-10(13)12-9-7-5-4-6-8-9/h4-5,9H,6-8H2,1-3H3,(H,12,13). The van der Waals surface area contributed by atoms with Gasteiger partial charge in [-0.25, -0.2) is 4.79 Å². The summed E-state index contributed by atoms with van der Waals surface area (Å²) in [6.45, 7) is 5.61. The van der Waals surface area contributed by atoms with E-state index in [9.17, 15) is 4.79 Å². The second kappa shape index (κ2) is 4.49. The predicted octanol–water partition coefficient (Wildman–Crippen LogP) is 2.62.